The van der Waals surface area contributed by atoms with E-state index in [1.54, 1.807) is 0 Å². The number of nitrogens with zero attached hydrogens (tertiary/aromatic N) is 2. The van der Waals surface area contributed by atoms with Crippen molar-refractivity contribution in [3.63, 3.8) is 0 Å². The van der Waals surface area contributed by atoms with E-state index in [0.717, 1.165) is 26.0 Å². The molecule has 0 saturated carbocycles. The highest BCUT2D eigenvalue weighted by atomic mass is 127. The molecule has 1 atom stereocenters. The number of hydrogen-bond acceptors (Lipinski definition) is 2. The van der Waals surface area contributed by atoms with E-state index >= 15 is 0 Å². The molecule has 0 aromatic carbocycles. The van der Waals surface area contributed by atoms with Crippen LogP contribution < -0.4 is 5.73 Å². The van der Waals surface area contributed by atoms with Gasteiger partial charge in [0, 0.05) is 27.2 Å². The monoisotopic (exact) mass is 341 g/mol. The summed E-state index contributed by atoms with van der Waals surface area (Å²) in [5.74, 6) is 0.611. The Morgan fingerprint density at radius 1 is 1.44 bits per heavy atom. The normalized spacial score (nSPS) is 21.4. The van der Waals surface area contributed by atoms with E-state index < -0.39 is 0 Å². The van der Waals surface area contributed by atoms with Crippen LogP contribution in [0.2, 0.25) is 0 Å². The SMILES string of the molecule is CN(C)C(N)=NCCCC1CCCCO1.I. The minimum Gasteiger partial charge on any atom is -0.378 e. The summed E-state index contributed by atoms with van der Waals surface area (Å²) in [6.07, 6.45) is 6.40. The van der Waals surface area contributed by atoms with Gasteiger partial charge in [-0.1, -0.05) is 0 Å². The first-order valence-electron chi connectivity index (χ1n) is 5.79. The molecular formula is C11H24IN3O. The smallest absolute Gasteiger partial charge is 0.190 e. The zero-order chi connectivity index (χ0) is 11.1. The number of hydrogen-bond donors (Lipinski definition) is 1. The van der Waals surface area contributed by atoms with Gasteiger partial charge in [-0.3, -0.25) is 4.99 Å². The van der Waals surface area contributed by atoms with Crippen LogP contribution in [-0.2, 0) is 4.74 Å². The Morgan fingerprint density at radius 2 is 2.19 bits per heavy atom. The van der Waals surface area contributed by atoms with E-state index in [1.807, 2.05) is 19.0 Å². The summed E-state index contributed by atoms with van der Waals surface area (Å²) in [5, 5.41) is 0. The topological polar surface area (TPSA) is 50.8 Å². The summed E-state index contributed by atoms with van der Waals surface area (Å²) in [4.78, 5) is 6.10. The Bertz CT molecular complexity index is 203. The second-order valence-electron chi connectivity index (χ2n) is 4.27. The van der Waals surface area contributed by atoms with Gasteiger partial charge >= 0.3 is 0 Å². The lowest BCUT2D eigenvalue weighted by atomic mass is 10.1. The van der Waals surface area contributed by atoms with Crippen molar-refractivity contribution in [3.8, 4) is 0 Å². The summed E-state index contributed by atoms with van der Waals surface area (Å²) in [7, 11) is 3.81. The number of aliphatic imine (C=N–C) groups is 1. The van der Waals surface area contributed by atoms with Crippen LogP contribution in [0.5, 0.6) is 0 Å². The van der Waals surface area contributed by atoms with Gasteiger partial charge in [0.25, 0.3) is 0 Å². The van der Waals surface area contributed by atoms with Gasteiger partial charge < -0.3 is 15.4 Å². The second-order valence-corrected chi connectivity index (χ2v) is 4.27. The van der Waals surface area contributed by atoms with Crippen LogP contribution in [0, 0.1) is 0 Å². The quantitative estimate of drug-likeness (QED) is 0.367. The molecule has 96 valence electrons. The summed E-state index contributed by atoms with van der Waals surface area (Å²) < 4.78 is 5.64. The Hall–Kier alpha value is -0.0400. The maximum atomic E-state index is 5.68. The maximum absolute atomic E-state index is 5.68. The summed E-state index contributed by atoms with van der Waals surface area (Å²) in [6, 6.07) is 0. The molecule has 1 fully saturated rings. The largest absolute Gasteiger partial charge is 0.378 e. The van der Waals surface area contributed by atoms with Gasteiger partial charge in [-0.15, -0.1) is 24.0 Å². The van der Waals surface area contributed by atoms with Gasteiger partial charge in [-0.2, -0.15) is 0 Å². The number of ether oxygens (including phenoxy) is 1. The van der Waals surface area contributed by atoms with Crippen LogP contribution in [0.1, 0.15) is 32.1 Å². The van der Waals surface area contributed by atoms with Crippen LogP contribution in [0.4, 0.5) is 0 Å². The van der Waals surface area contributed by atoms with Gasteiger partial charge in [-0.25, -0.2) is 0 Å². The molecule has 1 aliphatic rings. The average Bonchev–Trinajstić information content (AvgIpc) is 2.25. The third-order valence-electron chi connectivity index (χ3n) is 2.69. The van der Waals surface area contributed by atoms with Gasteiger partial charge in [-0.05, 0) is 32.1 Å². The van der Waals surface area contributed by atoms with Gasteiger partial charge in [0.1, 0.15) is 0 Å². The molecule has 1 saturated heterocycles. The van der Waals surface area contributed by atoms with E-state index in [4.69, 9.17) is 10.5 Å². The summed E-state index contributed by atoms with van der Waals surface area (Å²) in [5.41, 5.74) is 5.68. The summed E-state index contributed by atoms with van der Waals surface area (Å²) >= 11 is 0. The third-order valence-corrected chi connectivity index (χ3v) is 2.69. The first-order valence-corrected chi connectivity index (χ1v) is 5.79. The van der Waals surface area contributed by atoms with Crippen molar-refractivity contribution in [1.29, 1.82) is 0 Å². The molecular weight excluding hydrogens is 317 g/mol. The lowest BCUT2D eigenvalue weighted by Gasteiger charge is -2.22. The Kier molecular flexibility index (Phi) is 9.02. The molecule has 4 nitrogen and oxygen atoms in total. The molecule has 1 heterocycles. The molecule has 1 aliphatic heterocycles. The van der Waals surface area contributed by atoms with E-state index in [1.165, 1.54) is 19.3 Å². The standard InChI is InChI=1S/C11H23N3O.HI/c1-14(2)11(12)13-8-5-7-10-6-3-4-9-15-10;/h10H,3-9H2,1-2H3,(H2,12,13);1H. The highest BCUT2D eigenvalue weighted by Gasteiger charge is 2.12. The van der Waals surface area contributed by atoms with Crippen molar-refractivity contribution < 1.29 is 4.74 Å². The highest BCUT2D eigenvalue weighted by molar-refractivity contribution is 14.0. The fourth-order valence-corrected chi connectivity index (χ4v) is 1.69. The van der Waals surface area contributed by atoms with Gasteiger partial charge in [0.2, 0.25) is 0 Å². The van der Waals surface area contributed by atoms with Crippen molar-refractivity contribution in [2.24, 2.45) is 10.7 Å². The fraction of sp³-hybridized carbons (Fsp3) is 0.909. The number of guanidine groups is 1. The molecule has 0 radical (unpaired) electrons. The number of nitrogens with two attached hydrogens (primary N) is 1. The summed E-state index contributed by atoms with van der Waals surface area (Å²) in [6.45, 7) is 1.75. The van der Waals surface area contributed by atoms with Crippen LogP contribution >= 0.6 is 24.0 Å². The van der Waals surface area contributed by atoms with Crippen molar-refractivity contribution in [1.82, 2.24) is 4.90 Å². The van der Waals surface area contributed by atoms with Crippen LogP contribution in [0.25, 0.3) is 0 Å². The lowest BCUT2D eigenvalue weighted by Crippen LogP contribution is -2.30. The van der Waals surface area contributed by atoms with Gasteiger partial charge in [0.15, 0.2) is 5.96 Å². The molecule has 0 aromatic rings. The molecule has 0 amide bonds. The molecule has 0 aliphatic carbocycles. The number of rotatable bonds is 4. The fourth-order valence-electron chi connectivity index (χ4n) is 1.69. The van der Waals surface area contributed by atoms with Crippen molar-refractivity contribution in [2.45, 2.75) is 38.2 Å². The zero-order valence-electron chi connectivity index (χ0n) is 10.3. The predicted molar refractivity (Wildman–Crippen MR) is 78.4 cm³/mol. The third kappa shape index (κ3) is 6.52. The minimum atomic E-state index is 0. The van der Waals surface area contributed by atoms with Crippen LogP contribution in [0.3, 0.4) is 0 Å². The van der Waals surface area contributed by atoms with Crippen molar-refractivity contribution >= 4 is 29.9 Å². The Balaban J connectivity index is 0.00000225. The average molecular weight is 341 g/mol. The maximum Gasteiger partial charge on any atom is 0.190 e. The number of halogens is 1. The molecule has 2 N–H and O–H groups in total. The van der Waals surface area contributed by atoms with Crippen LogP contribution in [0.15, 0.2) is 4.99 Å². The first-order chi connectivity index (χ1) is 7.20. The minimum absolute atomic E-state index is 0. The highest BCUT2D eigenvalue weighted by Crippen LogP contribution is 2.16. The van der Waals surface area contributed by atoms with E-state index in [9.17, 15) is 0 Å². The van der Waals surface area contributed by atoms with E-state index in [0.29, 0.717) is 12.1 Å². The van der Waals surface area contributed by atoms with Gasteiger partial charge in [0.05, 0.1) is 6.10 Å². The molecule has 0 aromatic heterocycles. The molecule has 5 heteroatoms. The molecule has 0 spiro atoms. The first kappa shape index (κ1) is 16.0. The lowest BCUT2D eigenvalue weighted by molar-refractivity contribution is 0.0105. The zero-order valence-corrected chi connectivity index (χ0v) is 12.6. The molecule has 0 bridgehead atoms. The molecule has 1 rings (SSSR count). The van der Waals surface area contributed by atoms with Crippen molar-refractivity contribution in [2.75, 3.05) is 27.2 Å². The Labute approximate surface area is 116 Å². The van der Waals surface area contributed by atoms with E-state index in [2.05, 4.69) is 4.99 Å². The second kappa shape index (κ2) is 9.04. The molecule has 1 unspecified atom stereocenters. The van der Waals surface area contributed by atoms with Crippen LogP contribution in [-0.4, -0.2) is 44.2 Å². The van der Waals surface area contributed by atoms with Crippen molar-refractivity contribution in [3.05, 3.63) is 0 Å². The molecule has 16 heavy (non-hydrogen) atoms. The van der Waals surface area contributed by atoms with E-state index in [-0.39, 0.29) is 24.0 Å². The Morgan fingerprint density at radius 3 is 2.75 bits per heavy atom. The predicted octanol–water partition coefficient (Wildman–Crippen LogP) is 1.83.